The molecule has 182 valence electrons. The molecule has 9 nitrogen and oxygen atoms in total. The first-order chi connectivity index (χ1) is 16.2. The first-order valence-corrected chi connectivity index (χ1v) is 12.6. The van der Waals surface area contributed by atoms with Gasteiger partial charge in [0.2, 0.25) is 5.13 Å². The maximum Gasteiger partial charge on any atom is 0.266 e. The number of sulfonamides is 1. The first-order valence-electron chi connectivity index (χ1n) is 10.0. The second-order valence-electron chi connectivity index (χ2n) is 6.88. The molecule has 0 spiro atoms. The molecule has 0 atom stereocenters. The number of carbonyl (C=O) groups excluding carboxylic acids is 1. The highest BCUT2D eigenvalue weighted by Crippen LogP contribution is 2.24. The molecule has 0 aliphatic rings. The summed E-state index contributed by atoms with van der Waals surface area (Å²) in [6.45, 7) is 4.12. The molecule has 0 fully saturated rings. The second kappa shape index (κ2) is 11.5. The number of hydrogen-bond donors (Lipinski definition) is 4. The van der Waals surface area contributed by atoms with Gasteiger partial charge in [0.15, 0.2) is 0 Å². The average molecular weight is 531 g/mol. The topological polar surface area (TPSA) is 125 Å². The van der Waals surface area contributed by atoms with Gasteiger partial charge in [-0.1, -0.05) is 24.6 Å². The van der Waals surface area contributed by atoms with E-state index in [0.29, 0.717) is 41.5 Å². The summed E-state index contributed by atoms with van der Waals surface area (Å²) in [6, 6.07) is 6.02. The molecule has 1 amide bonds. The van der Waals surface area contributed by atoms with Crippen LogP contribution in [0.15, 0.2) is 41.6 Å². The summed E-state index contributed by atoms with van der Waals surface area (Å²) >= 11 is 6.78. The van der Waals surface area contributed by atoms with Gasteiger partial charge in [-0.15, -0.1) is 0 Å². The van der Waals surface area contributed by atoms with Crippen LogP contribution in [0, 0.1) is 11.6 Å². The Balaban J connectivity index is 1.73. The van der Waals surface area contributed by atoms with Crippen molar-refractivity contribution < 1.29 is 22.0 Å². The number of anilines is 2. The minimum absolute atomic E-state index is 0.000740. The fraction of sp³-hybridized carbons (Fsp3) is 0.250. The molecule has 0 unspecified atom stereocenters. The molecule has 0 saturated carbocycles. The van der Waals surface area contributed by atoms with Crippen LogP contribution >= 0.6 is 23.1 Å². The van der Waals surface area contributed by atoms with Crippen molar-refractivity contribution in [2.75, 3.05) is 29.7 Å². The van der Waals surface area contributed by atoms with Crippen molar-refractivity contribution >= 4 is 49.9 Å². The van der Waals surface area contributed by atoms with Crippen molar-refractivity contribution in [2.24, 2.45) is 0 Å². The van der Waals surface area contributed by atoms with Gasteiger partial charge in [0.1, 0.15) is 22.9 Å². The third kappa shape index (κ3) is 6.59. The lowest BCUT2D eigenvalue weighted by Crippen LogP contribution is -2.26. The van der Waals surface area contributed by atoms with Gasteiger partial charge in [0.25, 0.3) is 15.9 Å². The van der Waals surface area contributed by atoms with Crippen LogP contribution in [0.4, 0.5) is 19.6 Å². The van der Waals surface area contributed by atoms with Crippen molar-refractivity contribution in [2.45, 2.75) is 18.4 Å². The highest BCUT2D eigenvalue weighted by Gasteiger charge is 2.25. The van der Waals surface area contributed by atoms with Gasteiger partial charge in [-0.05, 0) is 36.4 Å². The van der Waals surface area contributed by atoms with E-state index < -0.39 is 38.0 Å². The zero-order valence-electron chi connectivity index (χ0n) is 17.9. The Labute approximate surface area is 204 Å². The number of rotatable bonds is 11. The zero-order chi connectivity index (χ0) is 24.7. The van der Waals surface area contributed by atoms with Gasteiger partial charge in [0, 0.05) is 41.9 Å². The lowest BCUT2D eigenvalue weighted by Gasteiger charge is -2.14. The van der Waals surface area contributed by atoms with Gasteiger partial charge >= 0.3 is 0 Å². The van der Waals surface area contributed by atoms with Crippen LogP contribution in [0.25, 0.3) is 0 Å². The van der Waals surface area contributed by atoms with E-state index in [9.17, 15) is 22.0 Å². The van der Waals surface area contributed by atoms with E-state index in [2.05, 4.69) is 25.3 Å². The molecule has 1 aromatic heterocycles. The fourth-order valence-electron chi connectivity index (χ4n) is 2.90. The molecule has 0 radical (unpaired) electrons. The molecule has 0 saturated heterocycles. The number of likely N-dealkylation sites (N-methyl/N-ethyl adjacent to an activating group) is 1. The lowest BCUT2D eigenvalue weighted by molar-refractivity contribution is 0.0946. The molecule has 3 aromatic rings. The van der Waals surface area contributed by atoms with E-state index in [1.54, 1.807) is 18.2 Å². The number of amides is 1. The zero-order valence-corrected chi connectivity index (χ0v) is 20.3. The normalized spacial score (nSPS) is 11.3. The van der Waals surface area contributed by atoms with Crippen molar-refractivity contribution in [3.8, 4) is 0 Å². The smallest absolute Gasteiger partial charge is 0.266 e. The number of hydrogen-bond acceptors (Lipinski definition) is 8. The molecule has 34 heavy (non-hydrogen) atoms. The third-order valence-electron chi connectivity index (χ3n) is 4.52. The highest BCUT2D eigenvalue weighted by atomic mass is 35.5. The number of benzene rings is 2. The summed E-state index contributed by atoms with van der Waals surface area (Å²) in [5, 5.41) is 9.26. The molecule has 2 aromatic carbocycles. The maximum atomic E-state index is 14.6. The number of halogens is 3. The van der Waals surface area contributed by atoms with Crippen LogP contribution in [0.1, 0.15) is 22.8 Å². The Bertz CT molecular complexity index is 1260. The van der Waals surface area contributed by atoms with Crippen LogP contribution in [0.2, 0.25) is 5.02 Å². The summed E-state index contributed by atoms with van der Waals surface area (Å²) in [6.07, 6.45) is 1.11. The summed E-state index contributed by atoms with van der Waals surface area (Å²) < 4.78 is 59.5. The monoisotopic (exact) mass is 530 g/mol. The van der Waals surface area contributed by atoms with Crippen LogP contribution in [0.5, 0.6) is 0 Å². The van der Waals surface area contributed by atoms with Gasteiger partial charge < -0.3 is 16.0 Å². The molecule has 0 bridgehead atoms. The Kier molecular flexibility index (Phi) is 8.72. The van der Waals surface area contributed by atoms with Crippen molar-refractivity contribution in [3.63, 3.8) is 0 Å². The minimum atomic E-state index is -4.47. The van der Waals surface area contributed by atoms with Crippen LogP contribution in [0.3, 0.4) is 0 Å². The quantitative estimate of drug-likeness (QED) is 0.280. The molecule has 0 aliphatic carbocycles. The van der Waals surface area contributed by atoms with E-state index in [4.69, 9.17) is 11.6 Å². The number of aromatic nitrogens is 2. The highest BCUT2D eigenvalue weighted by molar-refractivity contribution is 7.93. The van der Waals surface area contributed by atoms with Crippen LogP contribution in [-0.2, 0) is 16.6 Å². The standard InChI is InChI=1S/C20H21ClF2N6O3S2/c1-2-24-5-6-25-17-7-13(21)4-3-12(17)10-26-19(30)14-8-16(23)18(9-15(14)22)34(31,32)29-20-27-11-28-33-20/h3-4,7-9,11,24-25H,2,5-6,10H2,1H3,(H,26,30)(H,27,28,29). The van der Waals surface area contributed by atoms with E-state index in [-0.39, 0.29) is 11.7 Å². The van der Waals surface area contributed by atoms with Crippen LogP contribution < -0.4 is 20.7 Å². The van der Waals surface area contributed by atoms with Gasteiger partial charge in [0.05, 0.1) is 5.56 Å². The maximum absolute atomic E-state index is 14.6. The molecular formula is C20H21ClF2N6O3S2. The number of nitrogens with one attached hydrogen (secondary N) is 4. The fourth-order valence-corrected chi connectivity index (χ4v) is 4.80. The minimum Gasteiger partial charge on any atom is -0.383 e. The molecule has 3 rings (SSSR count). The Morgan fingerprint density at radius 2 is 1.94 bits per heavy atom. The molecule has 4 N–H and O–H groups in total. The number of nitrogens with zero attached hydrogens (tertiary/aromatic N) is 2. The summed E-state index contributed by atoms with van der Waals surface area (Å²) in [7, 11) is -4.47. The van der Waals surface area contributed by atoms with Crippen LogP contribution in [-0.4, -0.2) is 43.3 Å². The van der Waals surface area contributed by atoms with Gasteiger partial charge in [-0.2, -0.15) is 4.37 Å². The predicted octanol–water partition coefficient (Wildman–Crippen LogP) is 3.22. The molecule has 14 heteroatoms. The SMILES string of the molecule is CCNCCNc1cc(Cl)ccc1CNC(=O)c1cc(F)c(S(=O)(=O)Nc2ncns2)cc1F. The van der Waals surface area contributed by atoms with E-state index in [0.717, 1.165) is 24.4 Å². The lowest BCUT2D eigenvalue weighted by atomic mass is 10.1. The van der Waals surface area contributed by atoms with Crippen molar-refractivity contribution in [3.05, 3.63) is 64.4 Å². The average Bonchev–Trinajstić information content (AvgIpc) is 3.29. The summed E-state index contributed by atoms with van der Waals surface area (Å²) in [5.41, 5.74) is 0.722. The largest absolute Gasteiger partial charge is 0.383 e. The first kappa shape index (κ1) is 25.7. The summed E-state index contributed by atoms with van der Waals surface area (Å²) in [5.74, 6) is -3.40. The van der Waals surface area contributed by atoms with E-state index in [1.165, 1.54) is 0 Å². The Morgan fingerprint density at radius 3 is 2.65 bits per heavy atom. The molecule has 1 heterocycles. The Hall–Kier alpha value is -2.87. The Morgan fingerprint density at radius 1 is 1.15 bits per heavy atom. The van der Waals surface area contributed by atoms with Crippen molar-refractivity contribution in [1.29, 1.82) is 0 Å². The number of carbonyl (C=O) groups is 1. The van der Waals surface area contributed by atoms with E-state index >= 15 is 0 Å². The van der Waals surface area contributed by atoms with Gasteiger partial charge in [-0.3, -0.25) is 9.52 Å². The van der Waals surface area contributed by atoms with Crippen molar-refractivity contribution in [1.82, 2.24) is 20.0 Å². The molecular weight excluding hydrogens is 510 g/mol. The molecule has 0 aliphatic heterocycles. The van der Waals surface area contributed by atoms with Gasteiger partial charge in [-0.25, -0.2) is 22.2 Å². The second-order valence-corrected chi connectivity index (χ2v) is 9.75. The third-order valence-corrected chi connectivity index (χ3v) is 6.82. The van der Waals surface area contributed by atoms with E-state index in [1.807, 2.05) is 11.6 Å². The predicted molar refractivity (Wildman–Crippen MR) is 127 cm³/mol. The summed E-state index contributed by atoms with van der Waals surface area (Å²) in [4.78, 5) is 15.2.